The Morgan fingerprint density at radius 3 is 2.48 bits per heavy atom. The zero-order valence-corrected chi connectivity index (χ0v) is 27.7. The van der Waals surface area contributed by atoms with Crippen molar-refractivity contribution in [3.63, 3.8) is 0 Å². The van der Waals surface area contributed by atoms with E-state index < -0.39 is 17.5 Å². The summed E-state index contributed by atoms with van der Waals surface area (Å²) >= 11 is 1.37. The minimum Gasteiger partial charge on any atom is -0.481 e. The molecule has 2 aliphatic rings. The summed E-state index contributed by atoms with van der Waals surface area (Å²) < 4.78 is 17.7. The van der Waals surface area contributed by atoms with Crippen molar-refractivity contribution in [3.05, 3.63) is 54.2 Å². The van der Waals surface area contributed by atoms with Gasteiger partial charge in [-0.3, -0.25) is 24.8 Å². The van der Waals surface area contributed by atoms with Crippen molar-refractivity contribution in [3.8, 4) is 22.4 Å². The Morgan fingerprint density at radius 1 is 1.06 bits per heavy atom. The van der Waals surface area contributed by atoms with Crippen LogP contribution in [-0.2, 0) is 35.9 Å². The molecule has 14 nitrogen and oxygen atoms in total. The van der Waals surface area contributed by atoms with Crippen molar-refractivity contribution in [2.45, 2.75) is 58.0 Å². The molecule has 2 saturated heterocycles. The molecule has 2 amide bonds. The van der Waals surface area contributed by atoms with Crippen molar-refractivity contribution in [1.29, 1.82) is 0 Å². The normalized spacial score (nSPS) is 19.0. The van der Waals surface area contributed by atoms with Crippen molar-refractivity contribution in [2.24, 2.45) is 0 Å². The molecule has 0 radical (unpaired) electrons. The molecular weight excluding hydrogens is 638 g/mol. The standard InChI is InChI=1S/C33H37N7O7S/c1-4-34-31(44)39-32-38-26-11-22(23-12-36-30(37-13-23)33(17-45-18-33)47-28(43)6-5-27(41)42)10-24(29(26)48-32)25-9-21(7-8-35-25)16-40-14-19(2)46-20(3)15-40/h7-13,19-20H,4-6,14-18H2,1-3H3,(H,41,42)(H2,34,38,39,44)/t19-,20+. The second-order valence-corrected chi connectivity index (χ2v) is 13.0. The lowest BCUT2D eigenvalue weighted by molar-refractivity contribution is -0.221. The maximum absolute atomic E-state index is 12.3. The summed E-state index contributed by atoms with van der Waals surface area (Å²) in [4.78, 5) is 56.5. The predicted octanol–water partition coefficient (Wildman–Crippen LogP) is 4.20. The number of aliphatic carboxylic acids is 1. The molecule has 48 heavy (non-hydrogen) atoms. The predicted molar refractivity (Wildman–Crippen MR) is 177 cm³/mol. The van der Waals surface area contributed by atoms with Gasteiger partial charge in [-0.25, -0.2) is 19.7 Å². The number of carboxylic acid groups (broad SMARTS) is 1. The zero-order valence-electron chi connectivity index (χ0n) is 26.9. The van der Waals surface area contributed by atoms with E-state index in [9.17, 15) is 14.4 Å². The molecule has 2 fully saturated rings. The number of fused-ring (bicyclic) bond motifs is 1. The Morgan fingerprint density at radius 2 is 1.81 bits per heavy atom. The van der Waals surface area contributed by atoms with Crippen molar-refractivity contribution in [1.82, 2.24) is 30.2 Å². The minimum atomic E-state index is -1.17. The van der Waals surface area contributed by atoms with E-state index in [0.717, 1.165) is 46.7 Å². The fourth-order valence-corrected chi connectivity index (χ4v) is 6.81. The van der Waals surface area contributed by atoms with Crippen LogP contribution >= 0.6 is 11.3 Å². The van der Waals surface area contributed by atoms with Gasteiger partial charge in [0.15, 0.2) is 11.0 Å². The number of carboxylic acids is 1. The molecule has 15 heteroatoms. The number of hydrogen-bond donors (Lipinski definition) is 3. The molecule has 5 heterocycles. The van der Waals surface area contributed by atoms with Gasteiger partial charge in [-0.05, 0) is 56.2 Å². The fraction of sp³-hybridized carbons (Fsp3) is 0.424. The molecule has 2 aliphatic heterocycles. The number of aromatic nitrogens is 4. The highest BCUT2D eigenvalue weighted by Gasteiger charge is 2.47. The molecule has 0 bridgehead atoms. The van der Waals surface area contributed by atoms with Crippen LogP contribution in [0.15, 0.2) is 42.9 Å². The van der Waals surface area contributed by atoms with Crippen LogP contribution in [-0.4, -0.2) is 93.0 Å². The van der Waals surface area contributed by atoms with E-state index in [1.54, 1.807) is 18.6 Å². The molecule has 0 spiro atoms. The van der Waals surface area contributed by atoms with Crippen molar-refractivity contribution >= 4 is 44.7 Å². The molecule has 4 aromatic rings. The van der Waals surface area contributed by atoms with Gasteiger partial charge in [0.05, 0.1) is 54.2 Å². The number of morpholine rings is 1. The number of benzene rings is 1. The Bertz CT molecular complexity index is 1800. The van der Waals surface area contributed by atoms with E-state index in [1.807, 2.05) is 25.1 Å². The fourth-order valence-electron chi connectivity index (χ4n) is 5.85. The Hall–Kier alpha value is -4.57. The van der Waals surface area contributed by atoms with Crippen molar-refractivity contribution < 1.29 is 33.7 Å². The van der Waals surface area contributed by atoms with Gasteiger partial charge in [0.1, 0.15) is 0 Å². The first-order valence-corrected chi connectivity index (χ1v) is 16.6. The largest absolute Gasteiger partial charge is 0.481 e. The molecule has 3 N–H and O–H groups in total. The molecule has 0 saturated carbocycles. The molecule has 1 aromatic carbocycles. The number of esters is 1. The van der Waals surface area contributed by atoms with Gasteiger partial charge < -0.3 is 24.6 Å². The number of thiazole rings is 1. The number of nitrogens with zero attached hydrogens (tertiary/aromatic N) is 5. The third-order valence-electron chi connectivity index (χ3n) is 7.96. The van der Waals surface area contributed by atoms with E-state index in [2.05, 4.69) is 45.4 Å². The molecule has 3 aromatic heterocycles. The van der Waals surface area contributed by atoms with Crippen LogP contribution in [0.5, 0.6) is 0 Å². The monoisotopic (exact) mass is 675 g/mol. The van der Waals surface area contributed by atoms with E-state index in [0.29, 0.717) is 22.8 Å². The minimum absolute atomic E-state index is 0.0752. The maximum atomic E-state index is 12.3. The summed E-state index contributed by atoms with van der Waals surface area (Å²) in [5, 5.41) is 14.9. The van der Waals surface area contributed by atoms with Gasteiger partial charge in [-0.2, -0.15) is 0 Å². The van der Waals surface area contributed by atoms with Gasteiger partial charge in [-0.1, -0.05) is 11.3 Å². The lowest BCUT2D eigenvalue weighted by Gasteiger charge is -2.38. The smallest absolute Gasteiger partial charge is 0.321 e. The quantitative estimate of drug-likeness (QED) is 0.193. The van der Waals surface area contributed by atoms with E-state index in [1.165, 1.54) is 11.3 Å². The first-order valence-electron chi connectivity index (χ1n) is 15.8. The summed E-state index contributed by atoms with van der Waals surface area (Å²) in [6.45, 7) is 9.09. The summed E-state index contributed by atoms with van der Waals surface area (Å²) in [5.74, 6) is -1.47. The number of hydrogen-bond acceptors (Lipinski definition) is 12. The van der Waals surface area contributed by atoms with Gasteiger partial charge in [-0.15, -0.1) is 0 Å². The summed E-state index contributed by atoms with van der Waals surface area (Å²) in [6, 6.07) is 7.68. The number of carbonyl (C=O) groups excluding carboxylic acids is 2. The number of rotatable bonds is 11. The zero-order chi connectivity index (χ0) is 33.8. The highest BCUT2D eigenvalue weighted by atomic mass is 32.1. The number of pyridine rings is 1. The Balaban J connectivity index is 1.32. The average Bonchev–Trinajstić information content (AvgIpc) is 3.43. The Labute approximate surface area is 280 Å². The second kappa shape index (κ2) is 14.3. The Kier molecular flexibility index (Phi) is 9.91. The van der Waals surface area contributed by atoms with Crippen LogP contribution in [0, 0.1) is 0 Å². The van der Waals surface area contributed by atoms with E-state index in [4.69, 9.17) is 29.3 Å². The highest BCUT2D eigenvalue weighted by molar-refractivity contribution is 7.22. The highest BCUT2D eigenvalue weighted by Crippen LogP contribution is 2.39. The summed E-state index contributed by atoms with van der Waals surface area (Å²) in [7, 11) is 0. The van der Waals surface area contributed by atoms with Crippen molar-refractivity contribution in [2.75, 3.05) is 38.2 Å². The van der Waals surface area contributed by atoms with Crippen LogP contribution in [0.3, 0.4) is 0 Å². The summed E-state index contributed by atoms with van der Waals surface area (Å²) in [5.41, 5.74) is 3.69. The van der Waals surface area contributed by atoms with Gasteiger partial charge in [0, 0.05) is 55.9 Å². The SMILES string of the molecule is CCNC(=O)Nc1nc2cc(-c3cnc(C4(OC(=O)CCC(=O)O)COC4)nc3)cc(-c3cc(CN4C[C@@H](C)O[C@@H](C)C4)ccn3)c2s1. The number of ether oxygens (including phenoxy) is 3. The third-order valence-corrected chi connectivity index (χ3v) is 8.98. The van der Waals surface area contributed by atoms with Gasteiger partial charge in [0.2, 0.25) is 5.60 Å². The lowest BCUT2D eigenvalue weighted by Crippen LogP contribution is -2.51. The molecule has 0 aliphatic carbocycles. The van der Waals surface area contributed by atoms with E-state index in [-0.39, 0.29) is 50.1 Å². The molecular formula is C33H37N7O7S. The number of amides is 2. The van der Waals surface area contributed by atoms with Crippen LogP contribution < -0.4 is 10.6 Å². The first-order chi connectivity index (χ1) is 23.1. The van der Waals surface area contributed by atoms with Crippen LogP contribution in [0.4, 0.5) is 9.93 Å². The average molecular weight is 676 g/mol. The van der Waals surface area contributed by atoms with Crippen LogP contribution in [0.1, 0.15) is 45.0 Å². The number of anilines is 1. The second-order valence-electron chi connectivity index (χ2n) is 12.0. The molecule has 252 valence electrons. The van der Waals surface area contributed by atoms with Crippen LogP contribution in [0.25, 0.3) is 32.6 Å². The van der Waals surface area contributed by atoms with Gasteiger partial charge >= 0.3 is 18.0 Å². The molecule has 6 rings (SSSR count). The maximum Gasteiger partial charge on any atom is 0.321 e. The van der Waals surface area contributed by atoms with Crippen LogP contribution in [0.2, 0.25) is 0 Å². The lowest BCUT2D eigenvalue weighted by atomic mass is 9.99. The number of urea groups is 1. The first kappa shape index (κ1) is 33.3. The topological polar surface area (TPSA) is 178 Å². The van der Waals surface area contributed by atoms with Gasteiger partial charge in [0.25, 0.3) is 0 Å². The number of nitrogens with one attached hydrogen (secondary N) is 2. The number of carbonyl (C=O) groups is 3. The molecule has 0 unspecified atom stereocenters. The summed E-state index contributed by atoms with van der Waals surface area (Å²) in [6.07, 6.45) is 4.81. The molecule has 2 atom stereocenters. The third kappa shape index (κ3) is 7.59. The van der Waals surface area contributed by atoms with E-state index >= 15 is 0 Å².